The van der Waals surface area contributed by atoms with Gasteiger partial charge in [0, 0.05) is 23.5 Å². The average molecular weight is 412 g/mol. The van der Waals surface area contributed by atoms with Crippen LogP contribution in [-0.2, 0) is 13.1 Å². The van der Waals surface area contributed by atoms with Gasteiger partial charge in [-0.1, -0.05) is 6.07 Å². The molecule has 0 saturated heterocycles. The quantitative estimate of drug-likeness (QED) is 0.498. The van der Waals surface area contributed by atoms with Crippen LogP contribution in [0, 0.1) is 13.8 Å². The van der Waals surface area contributed by atoms with Gasteiger partial charge in [0.1, 0.15) is 11.6 Å². The van der Waals surface area contributed by atoms with Crippen LogP contribution >= 0.6 is 0 Å². The first-order valence-electron chi connectivity index (χ1n) is 10.3. The fraction of sp³-hybridized carbons (Fsp3) is 0.200. The van der Waals surface area contributed by atoms with Crippen LogP contribution in [0.4, 0.5) is 0 Å². The Labute approximate surface area is 181 Å². The van der Waals surface area contributed by atoms with Gasteiger partial charge in [-0.3, -0.25) is 4.79 Å². The summed E-state index contributed by atoms with van der Waals surface area (Å²) in [5.74, 6) is 1.71. The number of aromatic nitrogens is 3. The van der Waals surface area contributed by atoms with Crippen LogP contribution in [0.5, 0.6) is 5.75 Å². The fourth-order valence-electron chi connectivity index (χ4n) is 4.04. The number of hydrogen-bond donors (Lipinski definition) is 0. The average Bonchev–Trinajstić information content (AvgIpc) is 3.51. The van der Waals surface area contributed by atoms with E-state index in [1.165, 1.54) is 11.1 Å². The molecule has 0 unspecified atom stereocenters. The van der Waals surface area contributed by atoms with E-state index in [0.717, 1.165) is 28.5 Å². The second-order valence-electron chi connectivity index (χ2n) is 7.91. The molecule has 0 N–H and O–H groups in total. The minimum Gasteiger partial charge on any atom is -0.497 e. The molecule has 1 amide bonds. The highest BCUT2D eigenvalue weighted by Crippen LogP contribution is 2.32. The summed E-state index contributed by atoms with van der Waals surface area (Å²) in [5.41, 5.74) is 6.16. The third-order valence-electron chi connectivity index (χ3n) is 5.94. The number of rotatable bonds is 4. The summed E-state index contributed by atoms with van der Waals surface area (Å²) in [7, 11) is 1.62. The summed E-state index contributed by atoms with van der Waals surface area (Å²) < 4.78 is 9.26. The molecule has 5 rings (SSSR count). The van der Waals surface area contributed by atoms with E-state index in [1.54, 1.807) is 19.2 Å². The van der Waals surface area contributed by atoms with Gasteiger partial charge in [-0.15, -0.1) is 0 Å². The lowest BCUT2D eigenvalue weighted by molar-refractivity contribution is 0.0749. The zero-order valence-corrected chi connectivity index (χ0v) is 17.9. The van der Waals surface area contributed by atoms with Crippen LogP contribution in [0.1, 0.15) is 32.7 Å². The largest absolute Gasteiger partial charge is 0.497 e. The first kappa shape index (κ1) is 19.2. The summed E-state index contributed by atoms with van der Waals surface area (Å²) >= 11 is 0. The number of hydrogen-bond acceptors (Lipinski definition) is 3. The number of aryl methyl sites for hydroxylation is 2. The molecule has 0 fully saturated rings. The maximum absolute atomic E-state index is 13.1. The number of benzene rings is 2. The Kier molecular flexibility index (Phi) is 4.62. The number of ether oxygens (including phenoxy) is 1. The van der Waals surface area contributed by atoms with E-state index in [4.69, 9.17) is 9.84 Å². The molecule has 6 heteroatoms. The number of fused-ring (bicyclic) bond motifs is 1. The molecule has 31 heavy (non-hydrogen) atoms. The highest BCUT2D eigenvalue weighted by molar-refractivity contribution is 5.94. The molecule has 0 radical (unpaired) electrons. The van der Waals surface area contributed by atoms with Gasteiger partial charge in [0.05, 0.1) is 31.6 Å². The van der Waals surface area contributed by atoms with Crippen LogP contribution in [0.15, 0.2) is 67.0 Å². The third kappa shape index (κ3) is 3.30. The molecule has 1 aliphatic rings. The predicted octanol–water partition coefficient (Wildman–Crippen LogP) is 4.44. The lowest BCUT2D eigenvalue weighted by Crippen LogP contribution is -2.26. The monoisotopic (exact) mass is 412 g/mol. The summed E-state index contributed by atoms with van der Waals surface area (Å²) in [4.78, 5) is 14.9. The number of carbonyl (C=O) groups excluding carboxylic acids is 1. The predicted molar refractivity (Wildman–Crippen MR) is 119 cm³/mol. The van der Waals surface area contributed by atoms with Crippen molar-refractivity contribution in [2.45, 2.75) is 26.9 Å². The van der Waals surface area contributed by atoms with Gasteiger partial charge in [0.25, 0.3) is 5.91 Å². The van der Waals surface area contributed by atoms with Crippen molar-refractivity contribution >= 4 is 5.91 Å². The number of carbonyl (C=O) groups is 1. The highest BCUT2D eigenvalue weighted by atomic mass is 16.5. The van der Waals surface area contributed by atoms with Crippen LogP contribution < -0.4 is 4.74 Å². The molecule has 6 nitrogen and oxygen atoms in total. The maximum atomic E-state index is 13.1. The van der Waals surface area contributed by atoms with Gasteiger partial charge in [-0.05, 0) is 73.5 Å². The molecule has 0 bridgehead atoms. The minimum absolute atomic E-state index is 0.00293. The van der Waals surface area contributed by atoms with Crippen molar-refractivity contribution in [2.24, 2.45) is 0 Å². The summed E-state index contributed by atoms with van der Waals surface area (Å²) in [6, 6.07) is 17.6. The van der Waals surface area contributed by atoms with Crippen molar-refractivity contribution < 1.29 is 9.53 Å². The molecular weight excluding hydrogens is 388 g/mol. The topological polar surface area (TPSA) is 52.3 Å². The molecule has 2 aromatic carbocycles. The highest BCUT2D eigenvalue weighted by Gasteiger charge is 2.31. The van der Waals surface area contributed by atoms with Crippen molar-refractivity contribution in [3.05, 3.63) is 94.9 Å². The molecule has 2 aromatic heterocycles. The molecule has 1 aliphatic heterocycles. The zero-order chi connectivity index (χ0) is 21.5. The van der Waals surface area contributed by atoms with E-state index < -0.39 is 0 Å². The second-order valence-corrected chi connectivity index (χ2v) is 7.91. The van der Waals surface area contributed by atoms with Gasteiger partial charge in [-0.2, -0.15) is 5.10 Å². The van der Waals surface area contributed by atoms with Crippen molar-refractivity contribution in [1.29, 1.82) is 0 Å². The van der Waals surface area contributed by atoms with E-state index in [9.17, 15) is 4.79 Å². The molecule has 0 spiro atoms. The Morgan fingerprint density at radius 3 is 2.39 bits per heavy atom. The second kappa shape index (κ2) is 7.47. The van der Waals surface area contributed by atoms with Crippen molar-refractivity contribution in [2.75, 3.05) is 7.11 Å². The Balaban J connectivity index is 1.52. The molecule has 156 valence electrons. The van der Waals surface area contributed by atoms with Gasteiger partial charge >= 0.3 is 0 Å². The molecule has 4 aromatic rings. The molecular formula is C25H24N4O2. The van der Waals surface area contributed by atoms with Crippen molar-refractivity contribution in [3.63, 3.8) is 0 Å². The van der Waals surface area contributed by atoms with Crippen molar-refractivity contribution in [3.8, 4) is 17.3 Å². The zero-order valence-electron chi connectivity index (χ0n) is 17.9. The van der Waals surface area contributed by atoms with Gasteiger partial charge < -0.3 is 14.2 Å². The summed E-state index contributed by atoms with van der Waals surface area (Å²) in [6.45, 7) is 5.24. The lowest BCUT2D eigenvalue weighted by Gasteiger charge is -2.18. The molecule has 0 saturated carbocycles. The standard InChI is InChI=1S/C25H24N4O2/c1-17-6-9-20(14-18(17)2)29-24(27-12-4-5-13-27)22-15-28(16-23(22)26-29)25(30)19-7-10-21(31-3)11-8-19/h4-14H,15-16H2,1-3H3. The van der Waals surface area contributed by atoms with Gasteiger partial charge in [0.15, 0.2) is 0 Å². The first-order valence-corrected chi connectivity index (χ1v) is 10.3. The van der Waals surface area contributed by atoms with Gasteiger partial charge in [-0.25, -0.2) is 4.68 Å². The van der Waals surface area contributed by atoms with E-state index in [-0.39, 0.29) is 5.91 Å². The van der Waals surface area contributed by atoms with Crippen LogP contribution in [-0.4, -0.2) is 32.3 Å². The van der Waals surface area contributed by atoms with E-state index in [2.05, 4.69) is 36.6 Å². The smallest absolute Gasteiger partial charge is 0.254 e. The Morgan fingerprint density at radius 2 is 1.71 bits per heavy atom. The van der Waals surface area contributed by atoms with Crippen molar-refractivity contribution in [1.82, 2.24) is 19.2 Å². The normalized spacial score (nSPS) is 12.8. The fourth-order valence-corrected chi connectivity index (χ4v) is 4.04. The number of amides is 1. The summed E-state index contributed by atoms with van der Waals surface area (Å²) in [6.07, 6.45) is 4.03. The first-order chi connectivity index (χ1) is 15.0. The number of nitrogens with zero attached hydrogens (tertiary/aromatic N) is 4. The van der Waals surface area contributed by atoms with E-state index in [1.807, 2.05) is 46.2 Å². The summed E-state index contributed by atoms with van der Waals surface area (Å²) in [5, 5.41) is 4.92. The minimum atomic E-state index is -0.00293. The molecule has 0 atom stereocenters. The van der Waals surface area contributed by atoms with Gasteiger partial charge in [0.2, 0.25) is 0 Å². The third-order valence-corrected chi connectivity index (χ3v) is 5.94. The Hall–Kier alpha value is -3.80. The number of methoxy groups -OCH3 is 1. The van der Waals surface area contributed by atoms with E-state index >= 15 is 0 Å². The van der Waals surface area contributed by atoms with Crippen LogP contribution in [0.3, 0.4) is 0 Å². The maximum Gasteiger partial charge on any atom is 0.254 e. The Bertz CT molecular complexity index is 1250. The molecule has 3 heterocycles. The van der Waals surface area contributed by atoms with Crippen LogP contribution in [0.25, 0.3) is 11.5 Å². The Morgan fingerprint density at radius 1 is 0.968 bits per heavy atom. The SMILES string of the molecule is COc1ccc(C(=O)N2Cc3nn(-c4ccc(C)c(C)c4)c(-n4cccc4)c3C2)cc1. The molecule has 0 aliphatic carbocycles. The lowest BCUT2D eigenvalue weighted by atomic mass is 10.1. The van der Waals surface area contributed by atoms with E-state index in [0.29, 0.717) is 18.7 Å². The van der Waals surface area contributed by atoms with Crippen LogP contribution in [0.2, 0.25) is 0 Å².